The number of thioether (sulfide) groups is 1. The van der Waals surface area contributed by atoms with Crippen LogP contribution in [-0.4, -0.2) is 44.5 Å². The Morgan fingerprint density at radius 1 is 1.50 bits per heavy atom. The molecule has 0 saturated carbocycles. The highest BCUT2D eigenvalue weighted by atomic mass is 32.2. The third-order valence-electron chi connectivity index (χ3n) is 2.71. The van der Waals surface area contributed by atoms with Gasteiger partial charge in [0.25, 0.3) is 0 Å². The third-order valence-corrected chi connectivity index (χ3v) is 3.78. The molecule has 1 heterocycles. The Labute approximate surface area is 122 Å². The summed E-state index contributed by atoms with van der Waals surface area (Å²) in [5, 5.41) is 27.2. The lowest BCUT2D eigenvalue weighted by Crippen LogP contribution is -2.13. The van der Waals surface area contributed by atoms with Gasteiger partial charge in [-0.1, -0.05) is 0 Å². The molecule has 0 aliphatic carbocycles. The molecule has 0 spiro atoms. The van der Waals surface area contributed by atoms with Crippen molar-refractivity contribution in [1.82, 2.24) is 9.78 Å². The lowest BCUT2D eigenvalue weighted by Gasteiger charge is -2.11. The quantitative estimate of drug-likeness (QED) is 0.413. The second kappa shape index (κ2) is 8.11. The Kier molecular flexibility index (Phi) is 6.80. The molecule has 0 saturated heterocycles. The summed E-state index contributed by atoms with van der Waals surface area (Å²) in [4.78, 5) is 10.7. The molecule has 1 aromatic heterocycles. The number of rotatable bonds is 9. The maximum Gasteiger partial charge on any atom is 0.333 e. The van der Waals surface area contributed by atoms with E-state index in [0.717, 1.165) is 17.9 Å². The highest BCUT2D eigenvalue weighted by molar-refractivity contribution is 7.99. The van der Waals surface area contributed by atoms with Crippen LogP contribution in [0.4, 0.5) is 11.5 Å². The zero-order chi connectivity index (χ0) is 15.1. The van der Waals surface area contributed by atoms with Gasteiger partial charge < -0.3 is 10.4 Å². The molecule has 0 unspecified atom stereocenters. The van der Waals surface area contributed by atoms with E-state index in [1.807, 2.05) is 13.8 Å². The normalized spacial score (nSPS) is 11.1. The van der Waals surface area contributed by atoms with E-state index in [1.165, 1.54) is 0 Å². The van der Waals surface area contributed by atoms with Gasteiger partial charge >= 0.3 is 5.69 Å². The first-order valence-corrected chi connectivity index (χ1v) is 7.80. The Hall–Kier alpha value is -1.28. The van der Waals surface area contributed by atoms with Crippen molar-refractivity contribution in [1.29, 1.82) is 0 Å². The minimum atomic E-state index is -0.386. The van der Waals surface area contributed by atoms with Gasteiger partial charge in [-0.25, -0.2) is 4.68 Å². The summed E-state index contributed by atoms with van der Waals surface area (Å²) in [5.41, 5.74) is 0.484. The van der Waals surface area contributed by atoms with E-state index in [0.29, 0.717) is 18.1 Å². The van der Waals surface area contributed by atoms with Gasteiger partial charge in [0, 0.05) is 24.9 Å². The van der Waals surface area contributed by atoms with Crippen LogP contribution < -0.4 is 5.32 Å². The van der Waals surface area contributed by atoms with Crippen molar-refractivity contribution in [3.05, 3.63) is 15.8 Å². The lowest BCUT2D eigenvalue weighted by atomic mass is 10.3. The highest BCUT2D eigenvalue weighted by Gasteiger charge is 2.25. The van der Waals surface area contributed by atoms with Crippen molar-refractivity contribution in [2.45, 2.75) is 33.2 Å². The zero-order valence-electron chi connectivity index (χ0n) is 12.1. The van der Waals surface area contributed by atoms with Gasteiger partial charge in [-0.3, -0.25) is 10.1 Å². The van der Waals surface area contributed by atoms with Crippen molar-refractivity contribution < 1.29 is 10.0 Å². The van der Waals surface area contributed by atoms with E-state index in [2.05, 4.69) is 10.4 Å². The first-order chi connectivity index (χ1) is 9.49. The van der Waals surface area contributed by atoms with Crippen molar-refractivity contribution >= 4 is 23.3 Å². The molecule has 0 aromatic carbocycles. The zero-order valence-corrected chi connectivity index (χ0v) is 12.9. The summed E-state index contributed by atoms with van der Waals surface area (Å²) in [6.07, 6.45) is 0.772. The molecule has 0 radical (unpaired) electrons. The van der Waals surface area contributed by atoms with Gasteiger partial charge in [-0.05, 0) is 32.9 Å². The topological polar surface area (TPSA) is 93.2 Å². The van der Waals surface area contributed by atoms with Gasteiger partial charge in [-0.15, -0.1) is 0 Å². The van der Waals surface area contributed by atoms with Gasteiger partial charge in [-0.2, -0.15) is 16.9 Å². The number of aliphatic hydroxyl groups is 1. The number of nitro groups is 1. The fraction of sp³-hybridized carbons (Fsp3) is 0.750. The Morgan fingerprint density at radius 3 is 2.75 bits per heavy atom. The molecular weight excluding hydrogens is 280 g/mol. The average Bonchev–Trinajstić information content (AvgIpc) is 2.71. The van der Waals surface area contributed by atoms with Crippen molar-refractivity contribution in [3.8, 4) is 0 Å². The second-order valence-corrected chi connectivity index (χ2v) is 5.92. The Morgan fingerprint density at radius 2 is 2.20 bits per heavy atom. The number of anilines is 1. The molecule has 0 aliphatic heterocycles. The minimum absolute atomic E-state index is 0.0547. The molecule has 8 heteroatoms. The second-order valence-electron chi connectivity index (χ2n) is 4.69. The maximum atomic E-state index is 11.1. The molecule has 0 atom stereocenters. The number of aromatic nitrogens is 2. The van der Waals surface area contributed by atoms with E-state index in [-0.39, 0.29) is 23.3 Å². The summed E-state index contributed by atoms with van der Waals surface area (Å²) in [6, 6.07) is 0.0620. The molecule has 2 N–H and O–H groups in total. The number of aryl methyl sites for hydroxylation is 1. The fourth-order valence-corrected chi connectivity index (χ4v) is 2.59. The van der Waals surface area contributed by atoms with Gasteiger partial charge in [0.2, 0.25) is 5.82 Å². The molecular formula is C12H22N4O3S. The Balaban J connectivity index is 2.69. The smallest absolute Gasteiger partial charge is 0.333 e. The molecule has 114 valence electrons. The van der Waals surface area contributed by atoms with Crippen LogP contribution in [0, 0.1) is 17.0 Å². The number of hydrogen-bond acceptors (Lipinski definition) is 6. The van der Waals surface area contributed by atoms with E-state index >= 15 is 0 Å². The van der Waals surface area contributed by atoms with Crippen LogP contribution in [0.2, 0.25) is 0 Å². The number of aliphatic hydroxyl groups excluding tert-OH is 1. The average molecular weight is 302 g/mol. The van der Waals surface area contributed by atoms with Crippen LogP contribution in [0.25, 0.3) is 0 Å². The van der Waals surface area contributed by atoms with Crippen LogP contribution in [0.5, 0.6) is 0 Å². The number of hydrogen-bond donors (Lipinski definition) is 2. The van der Waals surface area contributed by atoms with Crippen molar-refractivity contribution in [3.63, 3.8) is 0 Å². The Bertz CT molecular complexity index is 448. The highest BCUT2D eigenvalue weighted by Crippen LogP contribution is 2.30. The van der Waals surface area contributed by atoms with Gasteiger partial charge in [0.1, 0.15) is 5.69 Å². The SMILES string of the molecule is Cc1nn(C(C)C)c(NCCSCCCO)c1[N+](=O)[O-]. The van der Waals surface area contributed by atoms with Gasteiger partial charge in [0.05, 0.1) is 4.92 Å². The largest absolute Gasteiger partial charge is 0.396 e. The molecule has 1 aromatic rings. The summed E-state index contributed by atoms with van der Waals surface area (Å²) in [5.74, 6) is 2.20. The van der Waals surface area contributed by atoms with Crippen molar-refractivity contribution in [2.24, 2.45) is 0 Å². The number of nitrogens with one attached hydrogen (secondary N) is 1. The van der Waals surface area contributed by atoms with Crippen LogP contribution in [0.1, 0.15) is 32.0 Å². The van der Waals surface area contributed by atoms with Crippen molar-refractivity contribution in [2.75, 3.05) is 30.0 Å². The third kappa shape index (κ3) is 4.38. The van der Waals surface area contributed by atoms with Gasteiger partial charge in [0.15, 0.2) is 0 Å². The van der Waals surface area contributed by atoms with E-state index in [1.54, 1.807) is 23.4 Å². The van der Waals surface area contributed by atoms with E-state index in [9.17, 15) is 10.1 Å². The molecule has 0 amide bonds. The van der Waals surface area contributed by atoms with E-state index in [4.69, 9.17) is 5.11 Å². The lowest BCUT2D eigenvalue weighted by molar-refractivity contribution is -0.384. The molecule has 0 fully saturated rings. The van der Waals surface area contributed by atoms with E-state index < -0.39 is 0 Å². The summed E-state index contributed by atoms with van der Waals surface area (Å²) >= 11 is 1.71. The molecule has 0 aliphatic rings. The summed E-state index contributed by atoms with van der Waals surface area (Å²) in [6.45, 7) is 6.37. The molecule has 0 bridgehead atoms. The first-order valence-electron chi connectivity index (χ1n) is 6.65. The number of nitrogens with zero attached hydrogens (tertiary/aromatic N) is 3. The van der Waals surface area contributed by atoms with Crippen LogP contribution >= 0.6 is 11.8 Å². The maximum absolute atomic E-state index is 11.1. The first kappa shape index (κ1) is 16.8. The molecule has 20 heavy (non-hydrogen) atoms. The van der Waals surface area contributed by atoms with Crippen LogP contribution in [0.3, 0.4) is 0 Å². The molecule has 7 nitrogen and oxygen atoms in total. The summed E-state index contributed by atoms with van der Waals surface area (Å²) < 4.78 is 1.66. The monoisotopic (exact) mass is 302 g/mol. The summed E-state index contributed by atoms with van der Waals surface area (Å²) in [7, 11) is 0. The predicted octanol–water partition coefficient (Wildman–Crippen LogP) is 2.21. The van der Waals surface area contributed by atoms with Crippen LogP contribution in [0.15, 0.2) is 0 Å². The minimum Gasteiger partial charge on any atom is -0.396 e. The fourth-order valence-electron chi connectivity index (χ4n) is 1.81. The predicted molar refractivity (Wildman–Crippen MR) is 81.5 cm³/mol. The molecule has 1 rings (SSSR count). The van der Waals surface area contributed by atoms with Crippen LogP contribution in [-0.2, 0) is 0 Å². The standard InChI is InChI=1S/C12H22N4O3S/c1-9(2)15-12(11(16(18)19)10(3)14-15)13-5-8-20-7-4-6-17/h9,13,17H,4-8H2,1-3H3.